The van der Waals surface area contributed by atoms with Crippen LogP contribution in [0.1, 0.15) is 25.8 Å². The summed E-state index contributed by atoms with van der Waals surface area (Å²) in [7, 11) is 0. The van der Waals surface area contributed by atoms with Gasteiger partial charge in [-0.05, 0) is 19.1 Å². The maximum atomic E-state index is 10.8. The monoisotopic (exact) mass is 333 g/mol. The predicted molar refractivity (Wildman–Crippen MR) is 79.5 cm³/mol. The van der Waals surface area contributed by atoms with Crippen molar-refractivity contribution in [3.05, 3.63) is 43.6 Å². The highest BCUT2D eigenvalue weighted by Gasteiger charge is 2.18. The number of carbonyl (C=O) groups is 1. The quantitative estimate of drug-likeness (QED) is 0.630. The van der Waals surface area contributed by atoms with Crippen LogP contribution in [0.2, 0.25) is 10.0 Å². The van der Waals surface area contributed by atoms with E-state index in [1.807, 2.05) is 0 Å². The van der Waals surface area contributed by atoms with E-state index in [1.54, 1.807) is 6.92 Å². The number of nitro groups is 1. The van der Waals surface area contributed by atoms with E-state index in [0.29, 0.717) is 5.56 Å². The molecule has 0 amide bonds. The number of rotatable bonds is 6. The molecular formula is C13H13Cl2NO5. The minimum atomic E-state index is -1.15. The summed E-state index contributed by atoms with van der Waals surface area (Å²) < 4.78 is 5.15. The summed E-state index contributed by atoms with van der Waals surface area (Å²) in [6, 6.07) is 2.91. The number of carboxylic acid groups (broad SMARTS) is 1. The normalized spacial score (nSPS) is 12.9. The molecule has 0 bridgehead atoms. The number of hydrogen-bond acceptors (Lipinski definition) is 4. The maximum absolute atomic E-state index is 10.8. The molecule has 0 spiro atoms. The smallest absolute Gasteiger partial charge is 0.344 e. The van der Waals surface area contributed by atoms with E-state index in [4.69, 9.17) is 33.0 Å². The molecule has 1 aromatic rings. The van der Waals surface area contributed by atoms with Crippen LogP contribution in [0.5, 0.6) is 5.75 Å². The zero-order valence-electron chi connectivity index (χ0n) is 11.3. The van der Waals surface area contributed by atoms with Gasteiger partial charge in [-0.3, -0.25) is 10.1 Å². The first-order valence-corrected chi connectivity index (χ1v) is 6.75. The average Bonchev–Trinajstić information content (AvgIpc) is 2.42. The van der Waals surface area contributed by atoms with Gasteiger partial charge in [0.25, 0.3) is 0 Å². The number of ether oxygens (including phenoxy) is 1. The first-order valence-electron chi connectivity index (χ1n) is 6.00. The number of benzene rings is 1. The van der Waals surface area contributed by atoms with Crippen LogP contribution in [0.25, 0.3) is 6.08 Å². The topological polar surface area (TPSA) is 89.7 Å². The van der Waals surface area contributed by atoms with Crippen molar-refractivity contribution in [2.45, 2.75) is 26.4 Å². The molecule has 0 heterocycles. The molecule has 0 radical (unpaired) electrons. The first kappa shape index (κ1) is 17.3. The molecule has 21 heavy (non-hydrogen) atoms. The van der Waals surface area contributed by atoms with Gasteiger partial charge in [-0.25, -0.2) is 4.79 Å². The Hall–Kier alpha value is -1.79. The van der Waals surface area contributed by atoms with Crippen LogP contribution >= 0.6 is 23.2 Å². The lowest BCUT2D eigenvalue weighted by Crippen LogP contribution is -2.23. The van der Waals surface area contributed by atoms with Crippen LogP contribution in [0.15, 0.2) is 17.8 Å². The molecule has 1 unspecified atom stereocenters. The summed E-state index contributed by atoms with van der Waals surface area (Å²) >= 11 is 12.0. The second kappa shape index (κ2) is 7.28. The fourth-order valence-corrected chi connectivity index (χ4v) is 1.88. The van der Waals surface area contributed by atoms with Gasteiger partial charge < -0.3 is 9.84 Å². The molecule has 0 aliphatic rings. The van der Waals surface area contributed by atoms with Gasteiger partial charge in [-0.2, -0.15) is 0 Å². The zero-order chi connectivity index (χ0) is 16.2. The molecule has 1 rings (SSSR count). The summed E-state index contributed by atoms with van der Waals surface area (Å²) in [5, 5.41) is 19.7. The Bertz CT molecular complexity index is 600. The number of allylic oxidation sites excluding steroid dienone is 1. The van der Waals surface area contributed by atoms with Gasteiger partial charge in [-0.1, -0.05) is 30.1 Å². The molecule has 0 fully saturated rings. The summed E-state index contributed by atoms with van der Waals surface area (Å²) in [6.45, 7) is 3.00. The average molecular weight is 334 g/mol. The Morgan fingerprint density at radius 2 is 2.10 bits per heavy atom. The number of nitrogens with zero attached hydrogens (tertiary/aromatic N) is 1. The molecule has 8 heteroatoms. The van der Waals surface area contributed by atoms with Crippen LogP contribution in [0.4, 0.5) is 0 Å². The van der Waals surface area contributed by atoms with E-state index >= 15 is 0 Å². The van der Waals surface area contributed by atoms with Gasteiger partial charge in [0, 0.05) is 18.1 Å². The largest absolute Gasteiger partial charge is 0.479 e. The number of aliphatic carboxylic acids is 1. The molecule has 0 aromatic heterocycles. The van der Waals surface area contributed by atoms with Crippen LogP contribution in [-0.4, -0.2) is 22.1 Å². The molecule has 1 aromatic carbocycles. The minimum absolute atomic E-state index is 0.0114. The van der Waals surface area contributed by atoms with Crippen LogP contribution in [-0.2, 0) is 4.79 Å². The number of carboxylic acids is 1. The van der Waals surface area contributed by atoms with Gasteiger partial charge in [0.05, 0.1) is 9.95 Å². The summed E-state index contributed by atoms with van der Waals surface area (Å²) in [5.41, 5.74) is 0.353. The van der Waals surface area contributed by atoms with E-state index in [2.05, 4.69) is 0 Å². The standard InChI is InChI=1S/C13H13Cl2NO5/c1-3-9(16(19)20)6-8-4-5-10(12(15)11(8)14)21-7(2)13(17)18/h4-7H,3H2,1-2H3,(H,17,18)/b9-6+. The fourth-order valence-electron chi connectivity index (χ4n) is 1.45. The third-order valence-electron chi connectivity index (χ3n) is 2.65. The zero-order valence-corrected chi connectivity index (χ0v) is 12.8. The van der Waals surface area contributed by atoms with E-state index in [-0.39, 0.29) is 27.9 Å². The highest BCUT2D eigenvalue weighted by Crippen LogP contribution is 2.36. The Balaban J connectivity index is 3.16. The number of halogens is 2. The van der Waals surface area contributed by atoms with Gasteiger partial charge >= 0.3 is 5.97 Å². The van der Waals surface area contributed by atoms with Crippen molar-refractivity contribution in [1.82, 2.24) is 0 Å². The number of hydrogen-bond donors (Lipinski definition) is 1. The Kier molecular flexibility index (Phi) is 5.99. The Labute approximate surface area is 131 Å². The fraction of sp³-hybridized carbons (Fsp3) is 0.308. The van der Waals surface area contributed by atoms with Crippen molar-refractivity contribution in [3.63, 3.8) is 0 Å². The minimum Gasteiger partial charge on any atom is -0.479 e. The van der Waals surface area contributed by atoms with Crippen LogP contribution in [0.3, 0.4) is 0 Å². The highest BCUT2D eigenvalue weighted by molar-refractivity contribution is 6.43. The second-order valence-electron chi connectivity index (χ2n) is 4.13. The van der Waals surface area contributed by atoms with Gasteiger partial charge in [-0.15, -0.1) is 0 Å². The first-order chi connectivity index (χ1) is 9.77. The van der Waals surface area contributed by atoms with Crippen molar-refractivity contribution in [2.75, 3.05) is 0 Å². The molecule has 114 valence electrons. The molecule has 6 nitrogen and oxygen atoms in total. The summed E-state index contributed by atoms with van der Waals surface area (Å²) in [5.74, 6) is -1.04. The van der Waals surface area contributed by atoms with Crippen molar-refractivity contribution in [2.24, 2.45) is 0 Å². The lowest BCUT2D eigenvalue weighted by Gasteiger charge is -2.13. The van der Waals surface area contributed by atoms with E-state index in [0.717, 1.165) is 0 Å². The molecule has 1 atom stereocenters. The second-order valence-corrected chi connectivity index (χ2v) is 4.88. The van der Waals surface area contributed by atoms with Crippen LogP contribution in [0, 0.1) is 10.1 Å². The van der Waals surface area contributed by atoms with E-state index in [1.165, 1.54) is 25.1 Å². The van der Waals surface area contributed by atoms with Gasteiger partial charge in [0.1, 0.15) is 10.8 Å². The molecule has 0 aliphatic carbocycles. The van der Waals surface area contributed by atoms with Crippen molar-refractivity contribution < 1.29 is 19.6 Å². The maximum Gasteiger partial charge on any atom is 0.344 e. The molecule has 0 saturated heterocycles. The third-order valence-corrected chi connectivity index (χ3v) is 3.53. The summed E-state index contributed by atoms with van der Waals surface area (Å²) in [6.07, 6.45) is 0.457. The predicted octanol–water partition coefficient (Wildman–Crippen LogP) is 3.87. The Morgan fingerprint density at radius 1 is 1.48 bits per heavy atom. The van der Waals surface area contributed by atoms with Gasteiger partial charge in [0.2, 0.25) is 5.70 Å². The van der Waals surface area contributed by atoms with Crippen molar-refractivity contribution in [1.29, 1.82) is 0 Å². The van der Waals surface area contributed by atoms with Crippen LogP contribution < -0.4 is 4.74 Å². The molecular weight excluding hydrogens is 321 g/mol. The third kappa shape index (κ3) is 4.34. The Morgan fingerprint density at radius 3 is 2.57 bits per heavy atom. The lowest BCUT2D eigenvalue weighted by molar-refractivity contribution is -0.425. The SMILES string of the molecule is CC/C(=C\c1ccc(OC(C)C(=O)O)c(Cl)c1Cl)[N+](=O)[O-]. The summed E-state index contributed by atoms with van der Waals surface area (Å²) in [4.78, 5) is 21.0. The highest BCUT2D eigenvalue weighted by atomic mass is 35.5. The van der Waals surface area contributed by atoms with Gasteiger partial charge in [0.15, 0.2) is 6.10 Å². The van der Waals surface area contributed by atoms with E-state index in [9.17, 15) is 14.9 Å². The molecule has 0 saturated carbocycles. The van der Waals surface area contributed by atoms with E-state index < -0.39 is 17.0 Å². The van der Waals surface area contributed by atoms with Crippen molar-refractivity contribution in [3.8, 4) is 5.75 Å². The molecule has 1 N–H and O–H groups in total. The lowest BCUT2D eigenvalue weighted by atomic mass is 10.1. The molecule has 0 aliphatic heterocycles. The van der Waals surface area contributed by atoms with Crippen molar-refractivity contribution >= 4 is 35.2 Å².